The van der Waals surface area contributed by atoms with Gasteiger partial charge in [-0.3, -0.25) is 0 Å². The molecule has 0 aromatic rings. The predicted octanol–water partition coefficient (Wildman–Crippen LogP) is 4.36. The van der Waals surface area contributed by atoms with E-state index in [2.05, 4.69) is 0 Å². The summed E-state index contributed by atoms with van der Waals surface area (Å²) in [5, 5.41) is 0.807. The lowest BCUT2D eigenvalue weighted by molar-refractivity contribution is -0.421. The summed E-state index contributed by atoms with van der Waals surface area (Å²) in [6, 6.07) is -6.50. The van der Waals surface area contributed by atoms with E-state index in [4.69, 9.17) is 5.53 Å². The molecule has 0 aromatic carbocycles. The Morgan fingerprint density at radius 3 is 1.26 bits per heavy atom. The lowest BCUT2D eigenvalue weighted by atomic mass is 10.0. The van der Waals surface area contributed by atoms with Crippen molar-refractivity contribution in [1.82, 2.24) is 0 Å². The third-order valence-electron chi connectivity index (χ3n) is 1.69. The lowest BCUT2D eigenvalue weighted by Crippen LogP contribution is -2.65. The molecule has 0 aliphatic heterocycles. The molecule has 0 rings (SSSR count). The summed E-state index contributed by atoms with van der Waals surface area (Å²) in [5.41, 5.74) is 7.38. The Morgan fingerprint density at radius 1 is 0.632 bits per heavy atom. The highest BCUT2D eigenvalue weighted by molar-refractivity contribution is 5.05. The van der Waals surface area contributed by atoms with Crippen LogP contribution in [0.25, 0.3) is 10.4 Å². The standard InChI is InChI=1S/C5F11N3/c6-1(7,2(8,9)4(12,13)14)3(10,11)5(15,16)18-19-17. The van der Waals surface area contributed by atoms with Crippen LogP contribution in [0.4, 0.5) is 48.3 Å². The molecule has 0 aliphatic rings. The highest BCUT2D eigenvalue weighted by Gasteiger charge is 2.87. The molecule has 0 amide bonds. The van der Waals surface area contributed by atoms with E-state index >= 15 is 0 Å². The molecule has 3 nitrogen and oxygen atoms in total. The topological polar surface area (TPSA) is 48.8 Å². The maximum Gasteiger partial charge on any atom is 0.460 e. The maximum absolute atomic E-state index is 12.4. The molecule has 0 bridgehead atoms. The number of nitrogens with zero attached hydrogens (tertiary/aromatic N) is 3. The Morgan fingerprint density at radius 2 is 1.00 bits per heavy atom. The summed E-state index contributed by atoms with van der Waals surface area (Å²) in [7, 11) is 0. The molecular weight excluding hydrogens is 311 g/mol. The van der Waals surface area contributed by atoms with Crippen LogP contribution in [0.15, 0.2) is 5.11 Å². The average molecular weight is 311 g/mol. The third-order valence-corrected chi connectivity index (χ3v) is 1.69. The molecule has 0 N–H and O–H groups in total. The molecule has 0 atom stereocenters. The zero-order valence-electron chi connectivity index (χ0n) is 8.00. The van der Waals surface area contributed by atoms with E-state index < -0.39 is 30.0 Å². The first-order valence-corrected chi connectivity index (χ1v) is 3.70. The first kappa shape index (κ1) is 17.5. The van der Waals surface area contributed by atoms with Crippen LogP contribution in [0, 0.1) is 0 Å². The van der Waals surface area contributed by atoms with E-state index in [1.165, 1.54) is 0 Å². The van der Waals surface area contributed by atoms with Crippen molar-refractivity contribution in [2.75, 3.05) is 0 Å². The average Bonchev–Trinajstić information content (AvgIpc) is 2.14. The molecule has 0 fully saturated rings. The first-order chi connectivity index (χ1) is 8.06. The SMILES string of the molecule is [N-]=[N+]=NC(F)(F)C(F)(F)C(F)(F)C(F)(F)C(F)(F)F. The van der Waals surface area contributed by atoms with Gasteiger partial charge in [0.15, 0.2) is 0 Å². The van der Waals surface area contributed by atoms with Crippen molar-refractivity contribution in [1.29, 1.82) is 0 Å². The summed E-state index contributed by atoms with van der Waals surface area (Å²) >= 11 is 0. The van der Waals surface area contributed by atoms with Crippen LogP contribution in [0.5, 0.6) is 0 Å². The molecule has 0 spiro atoms. The number of halogens is 11. The minimum Gasteiger partial charge on any atom is -0.193 e. The van der Waals surface area contributed by atoms with Crippen LogP contribution in [0.1, 0.15) is 0 Å². The van der Waals surface area contributed by atoms with Crippen molar-refractivity contribution in [3.05, 3.63) is 10.4 Å². The van der Waals surface area contributed by atoms with Crippen molar-refractivity contribution in [3.8, 4) is 0 Å². The maximum atomic E-state index is 12.4. The van der Waals surface area contributed by atoms with Gasteiger partial charge in [-0.2, -0.15) is 48.3 Å². The lowest BCUT2D eigenvalue weighted by Gasteiger charge is -2.35. The largest absolute Gasteiger partial charge is 0.460 e. The fraction of sp³-hybridized carbons (Fsp3) is 1.00. The number of hydrogen-bond acceptors (Lipinski definition) is 1. The fourth-order valence-electron chi connectivity index (χ4n) is 0.683. The Labute approximate surface area is 95.2 Å². The van der Waals surface area contributed by atoms with E-state index in [0.29, 0.717) is 0 Å². The minimum atomic E-state index is -7.55. The van der Waals surface area contributed by atoms with Gasteiger partial charge in [0, 0.05) is 4.91 Å². The van der Waals surface area contributed by atoms with Gasteiger partial charge in [0.2, 0.25) is 0 Å². The van der Waals surface area contributed by atoms with Crippen LogP contribution in [-0.4, -0.2) is 30.0 Å². The highest BCUT2D eigenvalue weighted by Crippen LogP contribution is 2.57. The quantitative estimate of drug-likeness (QED) is 0.243. The summed E-state index contributed by atoms with van der Waals surface area (Å²) < 4.78 is 133. The number of rotatable bonds is 4. The van der Waals surface area contributed by atoms with Gasteiger partial charge < -0.3 is 0 Å². The Kier molecular flexibility index (Phi) is 3.95. The molecule has 0 saturated carbocycles. The van der Waals surface area contributed by atoms with Crippen molar-refractivity contribution >= 4 is 0 Å². The highest BCUT2D eigenvalue weighted by atomic mass is 19.4. The third kappa shape index (κ3) is 2.35. The first-order valence-electron chi connectivity index (χ1n) is 3.70. The predicted molar refractivity (Wildman–Crippen MR) is 35.0 cm³/mol. The smallest absolute Gasteiger partial charge is 0.193 e. The molecule has 0 radical (unpaired) electrons. The van der Waals surface area contributed by atoms with E-state index in [9.17, 15) is 48.3 Å². The summed E-state index contributed by atoms with van der Waals surface area (Å²) in [6.45, 7) is 0. The summed E-state index contributed by atoms with van der Waals surface area (Å²) in [4.78, 5) is 0.967. The van der Waals surface area contributed by atoms with Gasteiger partial charge in [-0.1, -0.05) is 0 Å². The van der Waals surface area contributed by atoms with Crippen molar-refractivity contribution in [3.63, 3.8) is 0 Å². The zero-order valence-corrected chi connectivity index (χ0v) is 8.00. The molecule has 0 aliphatic carbocycles. The molecule has 19 heavy (non-hydrogen) atoms. The molecule has 112 valence electrons. The molecule has 0 heterocycles. The van der Waals surface area contributed by atoms with E-state index in [1.807, 2.05) is 0 Å². The molecule has 0 aromatic heterocycles. The number of hydrogen-bond donors (Lipinski definition) is 0. The van der Waals surface area contributed by atoms with E-state index in [1.54, 1.807) is 0 Å². The molecule has 0 saturated heterocycles. The fourth-order valence-corrected chi connectivity index (χ4v) is 0.683. The monoisotopic (exact) mass is 311 g/mol. The van der Waals surface area contributed by atoms with Crippen molar-refractivity contribution in [2.45, 2.75) is 30.0 Å². The van der Waals surface area contributed by atoms with Crippen LogP contribution in [0.3, 0.4) is 0 Å². The van der Waals surface area contributed by atoms with Gasteiger partial charge in [0.1, 0.15) is 0 Å². The van der Waals surface area contributed by atoms with E-state index in [-0.39, 0.29) is 0 Å². The second kappa shape index (κ2) is 4.28. The Balaban J connectivity index is 5.98. The van der Waals surface area contributed by atoms with Gasteiger partial charge >= 0.3 is 30.0 Å². The van der Waals surface area contributed by atoms with Crippen LogP contribution >= 0.6 is 0 Å². The van der Waals surface area contributed by atoms with Crippen LogP contribution < -0.4 is 0 Å². The van der Waals surface area contributed by atoms with Gasteiger partial charge in [-0.15, -0.1) is 0 Å². The summed E-state index contributed by atoms with van der Waals surface area (Å²) in [5.74, 6) is -22.3. The van der Waals surface area contributed by atoms with Gasteiger partial charge in [-0.05, 0) is 10.6 Å². The van der Waals surface area contributed by atoms with Crippen LogP contribution in [0.2, 0.25) is 0 Å². The van der Waals surface area contributed by atoms with Gasteiger partial charge in [0.25, 0.3) is 0 Å². The Bertz CT molecular complexity index is 390. The van der Waals surface area contributed by atoms with Crippen LogP contribution in [-0.2, 0) is 0 Å². The normalized spacial score (nSPS) is 15.1. The van der Waals surface area contributed by atoms with E-state index in [0.717, 1.165) is 10.0 Å². The van der Waals surface area contributed by atoms with Crippen molar-refractivity contribution < 1.29 is 48.3 Å². The second-order valence-electron chi connectivity index (χ2n) is 2.95. The second-order valence-corrected chi connectivity index (χ2v) is 2.95. The summed E-state index contributed by atoms with van der Waals surface area (Å²) in [6.07, 6.45) is -7.23. The van der Waals surface area contributed by atoms with Gasteiger partial charge in [-0.25, -0.2) is 0 Å². The zero-order chi connectivity index (χ0) is 15.9. The number of alkyl halides is 11. The molecular formula is C5F11N3. The van der Waals surface area contributed by atoms with Crippen molar-refractivity contribution in [2.24, 2.45) is 5.11 Å². The molecule has 0 unspecified atom stereocenters. The Hall–Kier alpha value is -1.46. The number of azide groups is 1. The van der Waals surface area contributed by atoms with Gasteiger partial charge in [0.05, 0.1) is 0 Å². The molecule has 14 heteroatoms. The minimum absolute atomic E-state index is 0.807.